The van der Waals surface area contributed by atoms with Crippen LogP contribution < -0.4 is 10.6 Å². The van der Waals surface area contributed by atoms with E-state index in [4.69, 9.17) is 11.6 Å². The molecule has 0 saturated carbocycles. The molecule has 2 rings (SSSR count). The minimum atomic E-state index is -4.60. The molecule has 0 unspecified atom stereocenters. The number of benzene rings is 1. The molecule has 4 nitrogen and oxygen atoms in total. The highest BCUT2D eigenvalue weighted by Crippen LogP contribution is 2.36. The predicted octanol–water partition coefficient (Wildman–Crippen LogP) is 4.83. The number of hydrogen-bond donors (Lipinski definition) is 2. The van der Waals surface area contributed by atoms with Crippen molar-refractivity contribution in [2.75, 3.05) is 10.6 Å². The number of pyridine rings is 1. The van der Waals surface area contributed by atoms with Gasteiger partial charge in [0.1, 0.15) is 0 Å². The maximum atomic E-state index is 12.8. The molecule has 0 spiro atoms. The molecular formula is C16H15ClF3N3O. The summed E-state index contributed by atoms with van der Waals surface area (Å²) in [6.07, 6.45) is -1.71. The van der Waals surface area contributed by atoms with Crippen LogP contribution in [0, 0.1) is 0 Å². The van der Waals surface area contributed by atoms with Gasteiger partial charge in [0.15, 0.2) is 0 Å². The number of aromatic nitrogens is 1. The first-order valence-corrected chi connectivity index (χ1v) is 7.44. The fraction of sp³-hybridized carbons (Fsp3) is 0.250. The zero-order valence-corrected chi connectivity index (χ0v) is 13.7. The maximum Gasteiger partial charge on any atom is 0.417 e. The molecule has 0 fully saturated rings. The summed E-state index contributed by atoms with van der Waals surface area (Å²) in [5.41, 5.74) is -0.136. The van der Waals surface area contributed by atoms with Crippen molar-refractivity contribution < 1.29 is 18.0 Å². The average molecular weight is 358 g/mol. The van der Waals surface area contributed by atoms with E-state index in [1.165, 1.54) is 12.3 Å². The van der Waals surface area contributed by atoms with Crippen molar-refractivity contribution in [1.82, 2.24) is 4.98 Å². The van der Waals surface area contributed by atoms with Gasteiger partial charge in [-0.25, -0.2) is 0 Å². The van der Waals surface area contributed by atoms with Crippen LogP contribution >= 0.6 is 11.6 Å². The van der Waals surface area contributed by atoms with E-state index in [2.05, 4.69) is 15.6 Å². The summed E-state index contributed by atoms with van der Waals surface area (Å²) >= 11 is 5.55. The number of rotatable bonds is 4. The third-order valence-electron chi connectivity index (χ3n) is 2.99. The third-order valence-corrected chi connectivity index (χ3v) is 3.31. The molecule has 1 amide bonds. The van der Waals surface area contributed by atoms with E-state index in [0.717, 1.165) is 12.1 Å². The fourth-order valence-electron chi connectivity index (χ4n) is 2.00. The number of halogens is 4. The topological polar surface area (TPSA) is 54.0 Å². The van der Waals surface area contributed by atoms with E-state index < -0.39 is 22.7 Å². The van der Waals surface area contributed by atoms with Gasteiger partial charge in [-0.15, -0.1) is 0 Å². The van der Waals surface area contributed by atoms with Crippen LogP contribution in [0.3, 0.4) is 0 Å². The van der Waals surface area contributed by atoms with Gasteiger partial charge in [0.25, 0.3) is 5.91 Å². The van der Waals surface area contributed by atoms with Crippen molar-refractivity contribution in [3.05, 3.63) is 52.8 Å². The lowest BCUT2D eigenvalue weighted by atomic mass is 10.1. The van der Waals surface area contributed by atoms with Crippen molar-refractivity contribution in [3.8, 4) is 0 Å². The van der Waals surface area contributed by atoms with Gasteiger partial charge in [0, 0.05) is 24.1 Å². The Labute approximate surface area is 142 Å². The lowest BCUT2D eigenvalue weighted by molar-refractivity contribution is -0.137. The molecule has 0 bridgehead atoms. The SMILES string of the molecule is CC(C)Nc1cncc(C(=O)Nc2ccc(Cl)c(C(F)(F)F)c2)c1. The Morgan fingerprint density at radius 3 is 2.50 bits per heavy atom. The highest BCUT2D eigenvalue weighted by Gasteiger charge is 2.33. The zero-order valence-electron chi connectivity index (χ0n) is 12.9. The molecule has 0 aliphatic heterocycles. The van der Waals surface area contributed by atoms with E-state index in [-0.39, 0.29) is 17.3 Å². The molecule has 8 heteroatoms. The molecule has 0 radical (unpaired) electrons. The first-order valence-electron chi connectivity index (χ1n) is 7.06. The first-order chi connectivity index (χ1) is 11.2. The molecule has 128 valence electrons. The van der Waals surface area contributed by atoms with Crippen molar-refractivity contribution >= 4 is 28.9 Å². The molecule has 2 aromatic rings. The Balaban J connectivity index is 2.21. The fourth-order valence-corrected chi connectivity index (χ4v) is 2.22. The Bertz CT molecular complexity index is 748. The lowest BCUT2D eigenvalue weighted by Gasteiger charge is -2.13. The molecule has 0 aliphatic rings. The molecular weight excluding hydrogens is 343 g/mol. The number of alkyl halides is 3. The Hall–Kier alpha value is -2.28. The van der Waals surface area contributed by atoms with Gasteiger partial charge in [0.2, 0.25) is 0 Å². The zero-order chi connectivity index (χ0) is 17.9. The van der Waals surface area contributed by atoms with Crippen LogP contribution in [-0.2, 0) is 6.18 Å². The van der Waals surface area contributed by atoms with E-state index >= 15 is 0 Å². The number of nitrogens with zero attached hydrogens (tertiary/aromatic N) is 1. The van der Waals surface area contributed by atoms with Gasteiger partial charge in [-0.1, -0.05) is 11.6 Å². The molecule has 1 aromatic carbocycles. The molecule has 2 N–H and O–H groups in total. The summed E-state index contributed by atoms with van der Waals surface area (Å²) in [7, 11) is 0. The van der Waals surface area contributed by atoms with Crippen molar-refractivity contribution in [2.24, 2.45) is 0 Å². The third kappa shape index (κ3) is 4.61. The second-order valence-corrected chi connectivity index (χ2v) is 5.82. The number of anilines is 2. The monoisotopic (exact) mass is 357 g/mol. The minimum Gasteiger partial charge on any atom is -0.382 e. The summed E-state index contributed by atoms with van der Waals surface area (Å²) < 4.78 is 38.5. The van der Waals surface area contributed by atoms with E-state index in [0.29, 0.717) is 5.69 Å². The predicted molar refractivity (Wildman–Crippen MR) is 87.4 cm³/mol. The van der Waals surface area contributed by atoms with Gasteiger partial charge in [0.05, 0.1) is 21.8 Å². The minimum absolute atomic E-state index is 0.000975. The molecule has 0 atom stereocenters. The van der Waals surface area contributed by atoms with Crippen LogP contribution in [0.5, 0.6) is 0 Å². The Morgan fingerprint density at radius 2 is 1.88 bits per heavy atom. The average Bonchev–Trinajstić information content (AvgIpc) is 2.47. The highest BCUT2D eigenvalue weighted by atomic mass is 35.5. The molecule has 24 heavy (non-hydrogen) atoms. The maximum absolute atomic E-state index is 12.8. The highest BCUT2D eigenvalue weighted by molar-refractivity contribution is 6.31. The standard InChI is InChI=1S/C16H15ClF3N3O/c1-9(2)22-12-5-10(7-21-8-12)15(24)23-11-3-4-14(17)13(6-11)16(18,19)20/h3-9,22H,1-2H3,(H,23,24). The van der Waals surface area contributed by atoms with Crippen LogP contribution in [0.4, 0.5) is 24.5 Å². The number of hydrogen-bond acceptors (Lipinski definition) is 3. The van der Waals surface area contributed by atoms with E-state index in [9.17, 15) is 18.0 Å². The first kappa shape index (κ1) is 18.1. The molecule has 0 aliphatic carbocycles. The van der Waals surface area contributed by atoms with E-state index in [1.54, 1.807) is 12.3 Å². The summed E-state index contributed by atoms with van der Waals surface area (Å²) in [5, 5.41) is 5.08. The number of carbonyl (C=O) groups is 1. The van der Waals surface area contributed by atoms with Crippen molar-refractivity contribution in [2.45, 2.75) is 26.1 Å². The smallest absolute Gasteiger partial charge is 0.382 e. The molecule has 1 heterocycles. The van der Waals surface area contributed by atoms with Crippen LogP contribution in [0.2, 0.25) is 5.02 Å². The van der Waals surface area contributed by atoms with E-state index in [1.807, 2.05) is 13.8 Å². The summed E-state index contributed by atoms with van der Waals surface area (Å²) in [6, 6.07) is 4.91. The Kier molecular flexibility index (Phi) is 5.33. The Morgan fingerprint density at radius 1 is 1.17 bits per heavy atom. The van der Waals surface area contributed by atoms with Crippen LogP contribution in [0.15, 0.2) is 36.7 Å². The normalized spacial score (nSPS) is 11.5. The second-order valence-electron chi connectivity index (χ2n) is 5.41. The molecule has 0 saturated heterocycles. The number of amides is 1. The largest absolute Gasteiger partial charge is 0.417 e. The lowest BCUT2D eigenvalue weighted by Crippen LogP contribution is -2.15. The van der Waals surface area contributed by atoms with Gasteiger partial charge in [-0.2, -0.15) is 13.2 Å². The summed E-state index contributed by atoms with van der Waals surface area (Å²) in [4.78, 5) is 16.2. The second kappa shape index (κ2) is 7.09. The van der Waals surface area contributed by atoms with Crippen molar-refractivity contribution in [3.63, 3.8) is 0 Å². The quantitative estimate of drug-likeness (QED) is 0.824. The van der Waals surface area contributed by atoms with Crippen LogP contribution in [-0.4, -0.2) is 16.9 Å². The van der Waals surface area contributed by atoms with Gasteiger partial charge < -0.3 is 10.6 Å². The van der Waals surface area contributed by atoms with Gasteiger partial charge >= 0.3 is 6.18 Å². The van der Waals surface area contributed by atoms with Crippen LogP contribution in [0.1, 0.15) is 29.8 Å². The molecule has 1 aromatic heterocycles. The number of carbonyl (C=O) groups excluding carboxylic acids is 1. The van der Waals surface area contributed by atoms with Gasteiger partial charge in [-0.05, 0) is 38.1 Å². The summed E-state index contributed by atoms with van der Waals surface area (Å²) in [5.74, 6) is -0.564. The van der Waals surface area contributed by atoms with Crippen LogP contribution in [0.25, 0.3) is 0 Å². The van der Waals surface area contributed by atoms with Crippen molar-refractivity contribution in [1.29, 1.82) is 0 Å². The summed E-state index contributed by atoms with van der Waals surface area (Å²) in [6.45, 7) is 3.86. The van der Waals surface area contributed by atoms with Gasteiger partial charge in [-0.3, -0.25) is 9.78 Å². The number of nitrogens with one attached hydrogen (secondary N) is 2.